The molecule has 3 aromatic carbocycles. The Kier molecular flexibility index (Phi) is 11.4. The first kappa shape index (κ1) is 33.5. The first-order chi connectivity index (χ1) is 19.2. The van der Waals surface area contributed by atoms with Crippen molar-refractivity contribution in [2.45, 2.75) is 137 Å². The molecule has 2 unspecified atom stereocenters. The molecule has 0 aromatic heterocycles. The van der Waals surface area contributed by atoms with Gasteiger partial charge in [0.25, 0.3) is 0 Å². The fourth-order valence-electron chi connectivity index (χ4n) is 4.48. The summed E-state index contributed by atoms with van der Waals surface area (Å²) in [6.45, 7) is 24.1. The summed E-state index contributed by atoms with van der Waals surface area (Å²) in [5, 5.41) is 4.95. The van der Waals surface area contributed by atoms with E-state index in [9.17, 15) is 0 Å². The summed E-state index contributed by atoms with van der Waals surface area (Å²) < 4.78 is 25.2. The van der Waals surface area contributed by atoms with Gasteiger partial charge in [-0.15, -0.1) is 0 Å². The van der Waals surface area contributed by atoms with Crippen LogP contribution in [0.5, 0.6) is 0 Å². The highest BCUT2D eigenvalue weighted by atomic mass is 16.6. The molecule has 0 heterocycles. The molecule has 0 radical (unpaired) electrons. The van der Waals surface area contributed by atoms with Crippen LogP contribution in [0.4, 0.5) is 0 Å². The summed E-state index contributed by atoms with van der Waals surface area (Å²) >= 11 is 0. The number of hydrogen-bond donors (Lipinski definition) is 0. The molecule has 0 N–H and O–H groups in total. The van der Waals surface area contributed by atoms with Gasteiger partial charge in [0.2, 0.25) is 0 Å². The average molecular weight is 565 g/mol. The second-order valence-electron chi connectivity index (χ2n) is 13.5. The van der Waals surface area contributed by atoms with Crippen molar-refractivity contribution in [2.75, 3.05) is 13.2 Å². The van der Waals surface area contributed by atoms with E-state index >= 15 is 0 Å². The molecular weight excluding hydrogens is 508 g/mol. The van der Waals surface area contributed by atoms with Crippen LogP contribution in [0.3, 0.4) is 0 Å². The lowest BCUT2D eigenvalue weighted by atomic mass is 9.98. The molecule has 41 heavy (non-hydrogen) atoms. The number of rotatable bonds is 17. The standard InChI is InChI=1S/C37H56O4/c1-11-34(5,6)38-20-19-36(9,13-3)39-25-28-15-17-30-23-31-18-16-29(22-33(31)24-32(30)21-28)26-40-37(10,14-4)27-41-35(7,8)12-2/h15-18,21-24H,11-14,19-20,25-27H2,1-10H3. The summed E-state index contributed by atoms with van der Waals surface area (Å²) in [4.78, 5) is 0. The maximum absolute atomic E-state index is 6.48. The Morgan fingerprint density at radius 1 is 0.488 bits per heavy atom. The number of hydrogen-bond acceptors (Lipinski definition) is 4. The lowest BCUT2D eigenvalue weighted by molar-refractivity contribution is -0.136. The Morgan fingerprint density at radius 2 is 0.951 bits per heavy atom. The average Bonchev–Trinajstić information content (AvgIpc) is 2.96. The fraction of sp³-hybridized carbons (Fsp3) is 0.622. The van der Waals surface area contributed by atoms with Gasteiger partial charge >= 0.3 is 0 Å². The summed E-state index contributed by atoms with van der Waals surface area (Å²) in [7, 11) is 0. The predicted molar refractivity (Wildman–Crippen MR) is 174 cm³/mol. The minimum Gasteiger partial charge on any atom is -0.375 e. The zero-order chi connectivity index (χ0) is 30.3. The maximum atomic E-state index is 6.48. The number of benzene rings is 3. The first-order valence-corrected chi connectivity index (χ1v) is 15.8. The molecule has 0 saturated carbocycles. The van der Waals surface area contributed by atoms with E-state index in [4.69, 9.17) is 18.9 Å². The molecule has 0 saturated heterocycles. The van der Waals surface area contributed by atoms with Gasteiger partial charge < -0.3 is 18.9 Å². The van der Waals surface area contributed by atoms with Gasteiger partial charge in [0.1, 0.15) is 0 Å². The molecule has 0 aliphatic carbocycles. The Bertz CT molecular complexity index is 1260. The van der Waals surface area contributed by atoms with Crippen molar-refractivity contribution in [2.24, 2.45) is 0 Å². The highest BCUT2D eigenvalue weighted by Crippen LogP contribution is 2.29. The van der Waals surface area contributed by atoms with Crippen molar-refractivity contribution in [3.63, 3.8) is 0 Å². The van der Waals surface area contributed by atoms with Gasteiger partial charge in [-0.2, -0.15) is 0 Å². The van der Waals surface area contributed by atoms with E-state index < -0.39 is 0 Å². The monoisotopic (exact) mass is 564 g/mol. The van der Waals surface area contributed by atoms with E-state index in [0.717, 1.165) is 32.1 Å². The van der Waals surface area contributed by atoms with Crippen molar-refractivity contribution in [1.29, 1.82) is 0 Å². The van der Waals surface area contributed by atoms with Crippen LogP contribution in [0, 0.1) is 0 Å². The SMILES string of the molecule is CCC(C)(C)OCCC(C)(CC)OCc1ccc2cc3ccc(COC(C)(CC)COC(C)(C)CC)cc3cc2c1. The van der Waals surface area contributed by atoms with E-state index in [2.05, 4.69) is 118 Å². The van der Waals surface area contributed by atoms with Gasteiger partial charge in [-0.25, -0.2) is 0 Å². The van der Waals surface area contributed by atoms with Crippen LogP contribution >= 0.6 is 0 Å². The molecule has 0 bridgehead atoms. The summed E-state index contributed by atoms with van der Waals surface area (Å²) in [5.74, 6) is 0. The van der Waals surface area contributed by atoms with Gasteiger partial charge in [-0.05, 0) is 131 Å². The Balaban J connectivity index is 1.69. The van der Waals surface area contributed by atoms with Gasteiger partial charge in [-0.1, -0.05) is 52.0 Å². The minimum atomic E-state index is -0.314. The maximum Gasteiger partial charge on any atom is 0.0889 e. The lowest BCUT2D eigenvalue weighted by Gasteiger charge is -2.33. The van der Waals surface area contributed by atoms with Crippen molar-refractivity contribution in [3.05, 3.63) is 59.7 Å². The molecule has 0 fully saturated rings. The summed E-state index contributed by atoms with van der Waals surface area (Å²) in [6.07, 6.45) is 4.71. The van der Waals surface area contributed by atoms with Gasteiger partial charge in [0, 0.05) is 0 Å². The van der Waals surface area contributed by atoms with Crippen LogP contribution in [-0.2, 0) is 32.2 Å². The van der Waals surface area contributed by atoms with Crippen LogP contribution < -0.4 is 0 Å². The fourth-order valence-corrected chi connectivity index (χ4v) is 4.48. The smallest absolute Gasteiger partial charge is 0.0889 e. The summed E-state index contributed by atoms with van der Waals surface area (Å²) in [6, 6.07) is 17.9. The van der Waals surface area contributed by atoms with E-state index in [1.165, 1.54) is 32.7 Å². The Labute approximate surface area is 250 Å². The zero-order valence-corrected chi connectivity index (χ0v) is 27.6. The Hall–Kier alpha value is -1.98. The molecule has 0 amide bonds. The van der Waals surface area contributed by atoms with Crippen LogP contribution in [0.25, 0.3) is 21.5 Å². The van der Waals surface area contributed by atoms with Gasteiger partial charge in [0.15, 0.2) is 0 Å². The van der Waals surface area contributed by atoms with Crippen LogP contribution in [-0.4, -0.2) is 35.6 Å². The molecule has 228 valence electrons. The molecular formula is C37H56O4. The lowest BCUT2D eigenvalue weighted by Crippen LogP contribution is -2.38. The molecule has 4 nitrogen and oxygen atoms in total. The zero-order valence-electron chi connectivity index (χ0n) is 27.6. The normalized spacial score (nSPS) is 15.8. The van der Waals surface area contributed by atoms with Crippen LogP contribution in [0.15, 0.2) is 48.5 Å². The number of ether oxygens (including phenoxy) is 4. The Morgan fingerprint density at radius 3 is 1.44 bits per heavy atom. The minimum absolute atomic E-state index is 0.0856. The molecule has 0 aliphatic rings. The molecule has 3 rings (SSSR count). The van der Waals surface area contributed by atoms with E-state index in [1.54, 1.807) is 0 Å². The molecule has 0 spiro atoms. The molecule has 2 atom stereocenters. The third-order valence-electron chi connectivity index (χ3n) is 9.19. The third kappa shape index (κ3) is 9.78. The van der Waals surface area contributed by atoms with E-state index in [1.807, 2.05) is 0 Å². The topological polar surface area (TPSA) is 36.9 Å². The third-order valence-corrected chi connectivity index (χ3v) is 9.19. The van der Waals surface area contributed by atoms with Crippen molar-refractivity contribution in [3.8, 4) is 0 Å². The molecule has 0 aliphatic heterocycles. The van der Waals surface area contributed by atoms with Crippen molar-refractivity contribution in [1.82, 2.24) is 0 Å². The van der Waals surface area contributed by atoms with Crippen LogP contribution in [0.2, 0.25) is 0 Å². The van der Waals surface area contributed by atoms with Gasteiger partial charge in [-0.3, -0.25) is 0 Å². The highest BCUT2D eigenvalue weighted by molar-refractivity contribution is 5.98. The van der Waals surface area contributed by atoms with Crippen LogP contribution in [0.1, 0.15) is 112 Å². The van der Waals surface area contributed by atoms with Crippen molar-refractivity contribution >= 4 is 21.5 Å². The number of fused-ring (bicyclic) bond motifs is 2. The van der Waals surface area contributed by atoms with Crippen molar-refractivity contribution < 1.29 is 18.9 Å². The highest BCUT2D eigenvalue weighted by Gasteiger charge is 2.28. The van der Waals surface area contributed by atoms with E-state index in [0.29, 0.717) is 26.4 Å². The molecule has 4 heteroatoms. The largest absolute Gasteiger partial charge is 0.375 e. The second-order valence-corrected chi connectivity index (χ2v) is 13.5. The molecule has 3 aromatic rings. The predicted octanol–water partition coefficient (Wildman–Crippen LogP) is 10.2. The summed E-state index contributed by atoms with van der Waals surface area (Å²) in [5.41, 5.74) is 1.63. The van der Waals surface area contributed by atoms with Gasteiger partial charge in [0.05, 0.1) is 48.8 Å². The first-order valence-electron chi connectivity index (χ1n) is 15.8. The second kappa shape index (κ2) is 14.0. The van der Waals surface area contributed by atoms with E-state index in [-0.39, 0.29) is 22.4 Å². The quantitative estimate of drug-likeness (QED) is 0.153.